The number of carbonyl (C=O) groups is 1. The van der Waals surface area contributed by atoms with Crippen LogP contribution in [0.25, 0.3) is 4.85 Å². The summed E-state index contributed by atoms with van der Waals surface area (Å²) in [6.07, 6.45) is 1.75. The second kappa shape index (κ2) is 17.5. The molecule has 7 nitrogen and oxygen atoms in total. The van der Waals surface area contributed by atoms with Crippen molar-refractivity contribution < 1.29 is 34.2 Å². The fraction of sp³-hybridized carbons (Fsp3) is 0.267. The van der Waals surface area contributed by atoms with Gasteiger partial charge in [-0.05, 0) is 24.0 Å². The third-order valence-electron chi connectivity index (χ3n) is 5.74. The molecule has 0 bridgehead atoms. The smallest absolute Gasteiger partial charge is 0.148 e. The van der Waals surface area contributed by atoms with Crippen LogP contribution in [-0.4, -0.2) is 56.7 Å². The van der Waals surface area contributed by atoms with Gasteiger partial charge in [0.25, 0.3) is 0 Å². The fourth-order valence-corrected chi connectivity index (χ4v) is 3.95. The predicted octanol–water partition coefficient (Wildman–Crippen LogP) is 5.72. The number of halogens is 2. The molecular weight excluding hydrogens is 640 g/mol. The number of benzene rings is 3. The molecule has 2 aliphatic rings. The summed E-state index contributed by atoms with van der Waals surface area (Å²) < 4.78 is 15.9. The molecule has 3 aromatic carbocycles. The van der Waals surface area contributed by atoms with E-state index in [1.807, 2.05) is 30.3 Å². The third kappa shape index (κ3) is 10.4. The van der Waals surface area contributed by atoms with Crippen LogP contribution in [-0.2, 0) is 47.0 Å². The van der Waals surface area contributed by atoms with Gasteiger partial charge in [0.05, 0.1) is 19.2 Å². The number of methoxy groups -OCH3 is 1. The molecule has 40 heavy (non-hydrogen) atoms. The summed E-state index contributed by atoms with van der Waals surface area (Å²) in [6.45, 7) is 7.18. The van der Waals surface area contributed by atoms with Crippen molar-refractivity contribution in [3.8, 4) is 0 Å². The largest absolute Gasteiger partial charge is 0.510 e. The molecule has 210 valence electrons. The van der Waals surface area contributed by atoms with E-state index in [0.29, 0.717) is 25.0 Å². The van der Waals surface area contributed by atoms with Crippen molar-refractivity contribution >= 4 is 37.1 Å². The number of nitrogens with zero attached hydrogens (tertiary/aromatic N) is 3. The van der Waals surface area contributed by atoms with Gasteiger partial charge in [-0.2, -0.15) is 0 Å². The van der Waals surface area contributed by atoms with Crippen LogP contribution in [0.5, 0.6) is 0 Å². The van der Waals surface area contributed by atoms with Gasteiger partial charge in [0.2, 0.25) is 0 Å². The monoisotopic (exact) mass is 667 g/mol. The zero-order valence-electron chi connectivity index (χ0n) is 21.8. The van der Waals surface area contributed by atoms with Gasteiger partial charge in [-0.3, -0.25) is 9.98 Å². The van der Waals surface area contributed by atoms with E-state index < -0.39 is 5.97 Å². The van der Waals surface area contributed by atoms with E-state index in [0.717, 1.165) is 24.0 Å². The normalized spacial score (nSPS) is 16.9. The van der Waals surface area contributed by atoms with Crippen molar-refractivity contribution in [3.63, 3.8) is 0 Å². The molecule has 10 heteroatoms. The summed E-state index contributed by atoms with van der Waals surface area (Å²) in [7, 11) is 10.9. The molecule has 0 radical (unpaired) electrons. The molecule has 0 saturated carbocycles. The molecule has 0 aliphatic carbocycles. The maximum Gasteiger partial charge on any atom is 0.148 e. The predicted molar refractivity (Wildman–Crippen MR) is 153 cm³/mol. The van der Waals surface area contributed by atoms with Crippen LogP contribution in [0.15, 0.2) is 88.8 Å². The van der Waals surface area contributed by atoms with Crippen LogP contribution in [0.2, 0.25) is 0 Å². The molecule has 0 fully saturated rings. The van der Waals surface area contributed by atoms with E-state index in [-0.39, 0.29) is 33.8 Å². The van der Waals surface area contributed by atoms with Gasteiger partial charge in [0.1, 0.15) is 25.0 Å². The Kier molecular flexibility index (Phi) is 13.7. The van der Waals surface area contributed by atoms with E-state index in [1.54, 1.807) is 0 Å². The van der Waals surface area contributed by atoms with E-state index in [1.165, 1.54) is 18.2 Å². The van der Waals surface area contributed by atoms with Crippen LogP contribution in [0.3, 0.4) is 0 Å². The number of ether oxygens (including phenoxy) is 3. The second-order valence-corrected chi connectivity index (χ2v) is 11.1. The molecule has 0 saturated heterocycles. The SMILES string of the molecule is [C-]#[N+]CC(=O)OC.[Cl][Rh+][Cl].[c-]1c(C2=N[C@@H](Cc3ccccc3)CO2)cccc1C1=N[C@@H](Cc2ccccc2)CO1. The Morgan fingerprint density at radius 3 is 1.73 bits per heavy atom. The number of aliphatic imine (C=N–C) groups is 2. The van der Waals surface area contributed by atoms with Crippen LogP contribution in [0, 0.1) is 12.6 Å². The first-order chi connectivity index (χ1) is 19.6. The van der Waals surface area contributed by atoms with Gasteiger partial charge in [-0.1, -0.05) is 71.8 Å². The van der Waals surface area contributed by atoms with Gasteiger partial charge in [0.15, 0.2) is 0 Å². The van der Waals surface area contributed by atoms with Gasteiger partial charge < -0.3 is 19.1 Å². The molecule has 2 heterocycles. The Morgan fingerprint density at radius 2 is 1.35 bits per heavy atom. The van der Waals surface area contributed by atoms with Crippen LogP contribution >= 0.6 is 19.4 Å². The van der Waals surface area contributed by atoms with E-state index >= 15 is 0 Å². The third-order valence-corrected chi connectivity index (χ3v) is 5.74. The van der Waals surface area contributed by atoms with Crippen molar-refractivity contribution in [1.82, 2.24) is 0 Å². The first-order valence-electron chi connectivity index (χ1n) is 12.3. The Bertz CT molecular complexity index is 1230. The number of hydrogen-bond donors (Lipinski definition) is 0. The number of hydrogen-bond acceptors (Lipinski definition) is 6. The standard InChI is InChI=1S/C26H23N2O2.C4H5NO2.2ClH.Rh/c1-3-8-19(9-4-1)14-23-17-29-25(27-23)21-12-7-13-22(16-21)26-28-24(18-30-26)15-20-10-5-2-6-11-20;1-5-3-4(6)7-2;;;/h1-13,23-24H,14-15,17-18H2;3H2,2H3;2*1H;/q-1;;;;+3/p-2/t23-,24-;;;;/m0..../s1. The number of carbonyl (C=O) groups excluding carboxylic acids is 1. The molecule has 5 rings (SSSR count). The van der Waals surface area contributed by atoms with E-state index in [2.05, 4.69) is 64.2 Å². The Balaban J connectivity index is 0.000000382. The second-order valence-electron chi connectivity index (χ2n) is 8.60. The van der Waals surface area contributed by atoms with Crippen molar-refractivity contribution in [1.29, 1.82) is 0 Å². The van der Waals surface area contributed by atoms with Crippen LogP contribution in [0.4, 0.5) is 0 Å². The zero-order chi connectivity index (χ0) is 28.6. The first-order valence-corrected chi connectivity index (χ1v) is 16.5. The molecular formula is C30H28Cl2N3O4Rh. The maximum absolute atomic E-state index is 9.98. The molecule has 0 spiro atoms. The van der Waals surface area contributed by atoms with Crippen molar-refractivity contribution in [3.05, 3.63) is 119 Å². The zero-order valence-corrected chi connectivity index (χ0v) is 24.9. The minimum Gasteiger partial charge on any atom is -0.510 e. The minimum absolute atomic E-state index is 0.134. The Labute approximate surface area is 250 Å². The number of rotatable bonds is 7. The van der Waals surface area contributed by atoms with Crippen molar-refractivity contribution in [2.75, 3.05) is 26.9 Å². The molecule has 2 atom stereocenters. The van der Waals surface area contributed by atoms with Crippen LogP contribution < -0.4 is 0 Å². The molecule has 0 amide bonds. The quantitative estimate of drug-likeness (QED) is 0.184. The first kappa shape index (κ1) is 31.3. The van der Waals surface area contributed by atoms with Gasteiger partial charge in [-0.25, -0.2) is 11.4 Å². The molecule has 2 aliphatic heterocycles. The maximum atomic E-state index is 9.98. The molecule has 3 aromatic rings. The summed E-state index contributed by atoms with van der Waals surface area (Å²) in [4.78, 5) is 22.3. The average molecular weight is 668 g/mol. The van der Waals surface area contributed by atoms with Gasteiger partial charge in [-0.15, -0.1) is 24.3 Å². The number of esters is 1. The minimum atomic E-state index is -0.477. The summed E-state index contributed by atoms with van der Waals surface area (Å²) in [5, 5.41) is 0. The van der Waals surface area contributed by atoms with Gasteiger partial charge >= 0.3 is 47.0 Å². The summed E-state index contributed by atoms with van der Waals surface area (Å²) in [5.41, 5.74) is 4.24. The van der Waals surface area contributed by atoms with Crippen LogP contribution in [0.1, 0.15) is 22.3 Å². The summed E-state index contributed by atoms with van der Waals surface area (Å²) in [5.74, 6) is 0.824. The Morgan fingerprint density at radius 1 is 0.900 bits per heavy atom. The fourth-order valence-electron chi connectivity index (χ4n) is 3.95. The summed E-state index contributed by atoms with van der Waals surface area (Å²) >= 11 is -0.226. The molecule has 0 N–H and O–H groups in total. The van der Waals surface area contributed by atoms with E-state index in [4.69, 9.17) is 45.4 Å². The summed E-state index contributed by atoms with van der Waals surface area (Å²) in [6, 6.07) is 30.4. The Hall–Kier alpha value is -3.24. The van der Waals surface area contributed by atoms with Crippen molar-refractivity contribution in [2.45, 2.75) is 24.9 Å². The van der Waals surface area contributed by atoms with Crippen molar-refractivity contribution in [2.24, 2.45) is 9.98 Å². The molecule has 0 unspecified atom stereocenters. The average Bonchev–Trinajstić information content (AvgIpc) is 3.65. The van der Waals surface area contributed by atoms with Gasteiger partial charge in [0, 0.05) is 0 Å². The molecule has 0 aromatic heterocycles. The topological polar surface area (TPSA) is 73.8 Å². The van der Waals surface area contributed by atoms with E-state index in [9.17, 15) is 4.79 Å².